The van der Waals surface area contributed by atoms with Gasteiger partial charge in [0.15, 0.2) is 0 Å². The van der Waals surface area contributed by atoms with Gasteiger partial charge in [-0.3, -0.25) is 14.4 Å². The fraction of sp³-hybridized carbons (Fsp3) is 0.654. The van der Waals surface area contributed by atoms with Crippen LogP contribution in [0.15, 0.2) is 18.2 Å². The predicted molar refractivity (Wildman–Crippen MR) is 135 cm³/mol. The van der Waals surface area contributed by atoms with E-state index in [0.717, 1.165) is 29.7 Å². The maximum absolute atomic E-state index is 14.1. The highest BCUT2D eigenvalue weighted by Crippen LogP contribution is 2.71. The first-order valence-electron chi connectivity index (χ1n) is 12.3. The van der Waals surface area contributed by atoms with Gasteiger partial charge in [-0.15, -0.1) is 11.8 Å². The standard InChI is InChI=1S/C26H37N3O4S/c1-7-15(3)18(13-30)29-21(23(32)28-17-12-14(2)8-9-16(17)4)26-11-10-25(5,34-26)19(22(31)27-6)20(26)24(29)33/h8-9,12,15,18-21,30H,7,10-11,13H2,1-6H3,(H,27,31)(H,28,32)/t15-,18-,19-,20-,21?,25+,26?/m0/s1. The van der Waals surface area contributed by atoms with Gasteiger partial charge in [-0.2, -0.15) is 0 Å². The molecule has 186 valence electrons. The zero-order valence-electron chi connectivity index (χ0n) is 21.0. The SMILES string of the molecule is CC[C@H](C)[C@H](CO)N1C(=O)[C@@H]2[C@@H](C(=O)NC)[C@@]3(C)CCC2(S3)C1C(=O)Nc1cc(C)ccc1C. The molecule has 2 unspecified atom stereocenters. The number of anilines is 1. The first-order valence-corrected chi connectivity index (χ1v) is 13.1. The van der Waals surface area contributed by atoms with Crippen molar-refractivity contribution in [2.45, 2.75) is 75.5 Å². The molecule has 0 saturated carbocycles. The van der Waals surface area contributed by atoms with Crippen LogP contribution in [0.4, 0.5) is 5.69 Å². The van der Waals surface area contributed by atoms with Gasteiger partial charge in [0.2, 0.25) is 17.7 Å². The number of aliphatic hydroxyl groups excluding tert-OH is 1. The summed E-state index contributed by atoms with van der Waals surface area (Å²) in [5, 5.41) is 16.2. The molecule has 7 atom stereocenters. The molecule has 34 heavy (non-hydrogen) atoms. The predicted octanol–water partition coefficient (Wildman–Crippen LogP) is 2.88. The number of thioether (sulfide) groups is 1. The lowest BCUT2D eigenvalue weighted by Crippen LogP contribution is -2.56. The molecule has 1 spiro atoms. The second-order valence-corrected chi connectivity index (χ2v) is 12.4. The second-order valence-electron chi connectivity index (χ2n) is 10.5. The van der Waals surface area contributed by atoms with Gasteiger partial charge in [-0.1, -0.05) is 32.4 Å². The van der Waals surface area contributed by atoms with Crippen LogP contribution in [-0.2, 0) is 14.4 Å². The fourth-order valence-corrected chi connectivity index (χ4v) is 8.81. The molecule has 0 aliphatic carbocycles. The minimum Gasteiger partial charge on any atom is -0.394 e. The molecule has 1 aromatic carbocycles. The quantitative estimate of drug-likeness (QED) is 0.549. The lowest BCUT2D eigenvalue weighted by atomic mass is 9.66. The summed E-state index contributed by atoms with van der Waals surface area (Å²) in [5.41, 5.74) is 2.71. The van der Waals surface area contributed by atoms with Gasteiger partial charge < -0.3 is 20.6 Å². The van der Waals surface area contributed by atoms with Crippen molar-refractivity contribution >= 4 is 35.2 Å². The molecule has 7 nitrogen and oxygen atoms in total. The van der Waals surface area contributed by atoms with Gasteiger partial charge >= 0.3 is 0 Å². The first kappa shape index (κ1) is 25.0. The number of hydrogen-bond acceptors (Lipinski definition) is 5. The van der Waals surface area contributed by atoms with Crippen LogP contribution in [0.1, 0.15) is 51.2 Å². The molecule has 8 heteroatoms. The number of aliphatic hydroxyl groups is 1. The molecule has 1 aromatic rings. The van der Waals surface area contributed by atoms with E-state index in [2.05, 4.69) is 17.6 Å². The summed E-state index contributed by atoms with van der Waals surface area (Å²) < 4.78 is -1.08. The van der Waals surface area contributed by atoms with Crippen LogP contribution in [0.25, 0.3) is 0 Å². The Kier molecular flexibility index (Phi) is 6.53. The van der Waals surface area contributed by atoms with Crippen LogP contribution in [0.5, 0.6) is 0 Å². The monoisotopic (exact) mass is 487 g/mol. The Morgan fingerprint density at radius 2 is 1.97 bits per heavy atom. The van der Waals surface area contributed by atoms with E-state index in [1.807, 2.05) is 45.9 Å². The summed E-state index contributed by atoms with van der Waals surface area (Å²) in [5.74, 6) is -1.62. The molecule has 2 bridgehead atoms. The normalized spacial score (nSPS) is 33.6. The maximum atomic E-state index is 14.1. The molecule has 3 heterocycles. The molecule has 3 aliphatic rings. The number of benzene rings is 1. The average Bonchev–Trinajstić information content (AvgIpc) is 3.37. The number of nitrogens with one attached hydrogen (secondary N) is 2. The minimum absolute atomic E-state index is 0.0106. The molecule has 3 saturated heterocycles. The molecule has 3 fully saturated rings. The number of hydrogen-bond donors (Lipinski definition) is 3. The zero-order chi connectivity index (χ0) is 25.0. The Balaban J connectivity index is 1.82. The van der Waals surface area contributed by atoms with Gasteiger partial charge in [0.05, 0.1) is 29.2 Å². The highest BCUT2D eigenvalue weighted by molar-refractivity contribution is 8.02. The van der Waals surface area contributed by atoms with Crippen LogP contribution in [-0.4, -0.2) is 63.0 Å². The highest BCUT2D eigenvalue weighted by atomic mass is 32.2. The molecular weight excluding hydrogens is 450 g/mol. The lowest BCUT2D eigenvalue weighted by Gasteiger charge is -2.39. The third kappa shape index (κ3) is 3.56. The van der Waals surface area contributed by atoms with E-state index in [0.29, 0.717) is 6.42 Å². The number of aryl methyl sites for hydroxylation is 2. The number of fused-ring (bicyclic) bond motifs is 1. The Morgan fingerprint density at radius 3 is 2.59 bits per heavy atom. The minimum atomic E-state index is -0.752. The topological polar surface area (TPSA) is 98.7 Å². The number of carbonyl (C=O) groups is 3. The van der Waals surface area contributed by atoms with E-state index < -0.39 is 33.4 Å². The average molecular weight is 488 g/mol. The number of carbonyl (C=O) groups excluding carboxylic acids is 3. The van der Waals surface area contributed by atoms with E-state index in [9.17, 15) is 19.5 Å². The molecule has 3 amide bonds. The molecular formula is C26H37N3O4S. The largest absolute Gasteiger partial charge is 0.394 e. The number of amides is 3. The van der Waals surface area contributed by atoms with Crippen LogP contribution >= 0.6 is 11.8 Å². The zero-order valence-corrected chi connectivity index (χ0v) is 21.8. The Hall–Kier alpha value is -2.06. The Morgan fingerprint density at radius 1 is 1.26 bits per heavy atom. The van der Waals surface area contributed by atoms with Crippen LogP contribution in [0.2, 0.25) is 0 Å². The summed E-state index contributed by atoms with van der Waals surface area (Å²) in [6, 6.07) is 4.68. The van der Waals surface area contributed by atoms with E-state index >= 15 is 0 Å². The summed E-state index contributed by atoms with van der Waals surface area (Å²) in [7, 11) is 1.60. The molecule has 0 radical (unpaired) electrons. The third-order valence-corrected chi connectivity index (χ3v) is 10.5. The Labute approximate surface area is 206 Å². The van der Waals surface area contributed by atoms with Crippen LogP contribution < -0.4 is 10.6 Å². The summed E-state index contributed by atoms with van der Waals surface area (Å²) >= 11 is 1.65. The second kappa shape index (κ2) is 8.86. The number of rotatable bonds is 7. The molecule has 0 aromatic heterocycles. The highest BCUT2D eigenvalue weighted by Gasteiger charge is 2.77. The van der Waals surface area contributed by atoms with Crippen LogP contribution in [0.3, 0.4) is 0 Å². The van der Waals surface area contributed by atoms with Gasteiger partial charge in [0.25, 0.3) is 0 Å². The van der Waals surface area contributed by atoms with Crippen molar-refractivity contribution in [3.63, 3.8) is 0 Å². The van der Waals surface area contributed by atoms with Gasteiger partial charge in [-0.25, -0.2) is 0 Å². The van der Waals surface area contributed by atoms with Gasteiger partial charge in [0.1, 0.15) is 6.04 Å². The molecule has 3 aliphatic heterocycles. The number of likely N-dealkylation sites (tertiary alicyclic amines) is 1. The summed E-state index contributed by atoms with van der Waals surface area (Å²) in [6.07, 6.45) is 2.23. The van der Waals surface area contributed by atoms with E-state index in [1.165, 1.54) is 0 Å². The van der Waals surface area contributed by atoms with Crippen LogP contribution in [0, 0.1) is 31.6 Å². The first-order chi connectivity index (χ1) is 16.0. The van der Waals surface area contributed by atoms with E-state index in [-0.39, 0.29) is 30.2 Å². The van der Waals surface area contributed by atoms with Gasteiger partial charge in [-0.05, 0) is 56.7 Å². The van der Waals surface area contributed by atoms with Gasteiger partial charge in [0, 0.05) is 17.5 Å². The smallest absolute Gasteiger partial charge is 0.248 e. The van der Waals surface area contributed by atoms with Crippen molar-refractivity contribution in [1.29, 1.82) is 0 Å². The van der Waals surface area contributed by atoms with Crippen molar-refractivity contribution in [3.8, 4) is 0 Å². The summed E-state index contributed by atoms with van der Waals surface area (Å²) in [4.78, 5) is 42.8. The van der Waals surface area contributed by atoms with E-state index in [4.69, 9.17) is 0 Å². The van der Waals surface area contributed by atoms with Crippen molar-refractivity contribution in [2.24, 2.45) is 17.8 Å². The van der Waals surface area contributed by atoms with E-state index in [1.54, 1.807) is 23.7 Å². The van der Waals surface area contributed by atoms with Crippen molar-refractivity contribution in [2.75, 3.05) is 19.0 Å². The fourth-order valence-electron chi connectivity index (χ4n) is 6.46. The molecule has 4 rings (SSSR count). The third-order valence-electron chi connectivity index (χ3n) is 8.49. The molecule has 3 N–H and O–H groups in total. The Bertz CT molecular complexity index is 1020. The lowest BCUT2D eigenvalue weighted by molar-refractivity contribution is -0.143. The van der Waals surface area contributed by atoms with Crippen molar-refractivity contribution < 1.29 is 19.5 Å². The van der Waals surface area contributed by atoms with Crippen molar-refractivity contribution in [1.82, 2.24) is 10.2 Å². The number of nitrogens with zero attached hydrogens (tertiary/aromatic N) is 1. The maximum Gasteiger partial charge on any atom is 0.248 e. The van der Waals surface area contributed by atoms with Crippen molar-refractivity contribution in [3.05, 3.63) is 29.3 Å². The summed E-state index contributed by atoms with van der Waals surface area (Å²) in [6.45, 7) is 9.78.